The number of hydrogen-bond donors (Lipinski definition) is 1. The summed E-state index contributed by atoms with van der Waals surface area (Å²) in [6, 6.07) is 6.64. The summed E-state index contributed by atoms with van der Waals surface area (Å²) in [6.45, 7) is 6.23. The van der Waals surface area contributed by atoms with Gasteiger partial charge in [0.25, 0.3) is 0 Å². The molecule has 18 heavy (non-hydrogen) atoms. The number of ether oxygens (including phenoxy) is 1. The maximum atomic E-state index is 5.77. The number of hydrogen-bond acceptors (Lipinski definition) is 3. The van der Waals surface area contributed by atoms with Gasteiger partial charge in [-0.25, -0.2) is 0 Å². The molecule has 1 fully saturated rings. The molecule has 0 radical (unpaired) electrons. The van der Waals surface area contributed by atoms with Crippen molar-refractivity contribution < 1.29 is 4.74 Å². The Morgan fingerprint density at radius 1 is 1.44 bits per heavy atom. The van der Waals surface area contributed by atoms with Gasteiger partial charge >= 0.3 is 0 Å². The van der Waals surface area contributed by atoms with E-state index in [-0.39, 0.29) is 0 Å². The minimum absolute atomic E-state index is 0.395. The molecule has 0 aromatic heterocycles. The monoisotopic (exact) mass is 246 g/mol. The summed E-state index contributed by atoms with van der Waals surface area (Å²) in [5, 5.41) is 3.51. The first kappa shape index (κ1) is 11.8. The fraction of sp³-hybridized carbons (Fsp3) is 0.600. The molecule has 98 valence electrons. The third kappa shape index (κ3) is 2.19. The zero-order valence-electron chi connectivity index (χ0n) is 11.1. The average Bonchev–Trinajstić information content (AvgIpc) is 2.47. The largest absolute Gasteiger partial charge is 0.385 e. The molecule has 0 bridgehead atoms. The number of nitrogens with one attached hydrogen (secondary N) is 1. The van der Waals surface area contributed by atoms with E-state index in [1.165, 1.54) is 29.8 Å². The summed E-state index contributed by atoms with van der Waals surface area (Å²) < 4.78 is 5.77. The molecule has 0 spiro atoms. The lowest BCUT2D eigenvalue weighted by atomic mass is 10.00. The van der Waals surface area contributed by atoms with Gasteiger partial charge in [0.05, 0.1) is 12.7 Å². The van der Waals surface area contributed by atoms with E-state index in [1.54, 1.807) is 0 Å². The van der Waals surface area contributed by atoms with Crippen LogP contribution in [0.4, 0.5) is 11.4 Å². The molecule has 1 N–H and O–H groups in total. The lowest BCUT2D eigenvalue weighted by Gasteiger charge is -2.36. The van der Waals surface area contributed by atoms with E-state index in [9.17, 15) is 0 Å². The Balaban J connectivity index is 1.87. The summed E-state index contributed by atoms with van der Waals surface area (Å²) >= 11 is 0. The fourth-order valence-corrected chi connectivity index (χ4v) is 2.97. The van der Waals surface area contributed by atoms with Gasteiger partial charge in [-0.2, -0.15) is 0 Å². The third-order valence-corrected chi connectivity index (χ3v) is 4.01. The number of benzene rings is 1. The second kappa shape index (κ2) is 5.19. The van der Waals surface area contributed by atoms with Gasteiger partial charge in [-0.3, -0.25) is 0 Å². The Hall–Kier alpha value is -1.22. The van der Waals surface area contributed by atoms with E-state index in [2.05, 4.69) is 35.3 Å². The molecule has 0 amide bonds. The van der Waals surface area contributed by atoms with Crippen LogP contribution in [-0.2, 0) is 11.2 Å². The predicted molar refractivity (Wildman–Crippen MR) is 75.5 cm³/mol. The quantitative estimate of drug-likeness (QED) is 0.868. The Morgan fingerprint density at radius 2 is 2.39 bits per heavy atom. The van der Waals surface area contributed by atoms with Crippen molar-refractivity contribution in [1.82, 2.24) is 0 Å². The van der Waals surface area contributed by atoms with Gasteiger partial charge in [0.2, 0.25) is 0 Å². The van der Waals surface area contributed by atoms with Crippen molar-refractivity contribution in [2.75, 3.05) is 36.5 Å². The second-order valence-electron chi connectivity index (χ2n) is 5.18. The smallest absolute Gasteiger partial charge is 0.0748 e. The van der Waals surface area contributed by atoms with E-state index < -0.39 is 0 Å². The average molecular weight is 246 g/mol. The van der Waals surface area contributed by atoms with E-state index in [0.717, 1.165) is 32.7 Å². The number of nitrogens with zero attached hydrogens (tertiary/aromatic N) is 1. The maximum absolute atomic E-state index is 5.77. The van der Waals surface area contributed by atoms with Crippen LogP contribution in [0.5, 0.6) is 0 Å². The van der Waals surface area contributed by atoms with Gasteiger partial charge in [-0.1, -0.05) is 13.0 Å². The molecule has 3 rings (SSSR count). The van der Waals surface area contributed by atoms with Crippen molar-refractivity contribution in [3.63, 3.8) is 0 Å². The SMILES string of the molecule is CCC1CN(c2cccc3c2CCCN3)CCO1. The van der Waals surface area contributed by atoms with Gasteiger partial charge in [0.1, 0.15) is 0 Å². The predicted octanol–water partition coefficient (Wildman–Crippen LogP) is 2.66. The number of anilines is 2. The topological polar surface area (TPSA) is 24.5 Å². The molecule has 1 aromatic carbocycles. The Labute approximate surface area is 109 Å². The van der Waals surface area contributed by atoms with Crippen molar-refractivity contribution in [3.8, 4) is 0 Å². The first-order valence-corrected chi connectivity index (χ1v) is 7.11. The van der Waals surface area contributed by atoms with E-state index in [1.807, 2.05) is 0 Å². The highest BCUT2D eigenvalue weighted by Crippen LogP contribution is 2.32. The van der Waals surface area contributed by atoms with Crippen LogP contribution in [0.2, 0.25) is 0 Å². The van der Waals surface area contributed by atoms with Crippen molar-refractivity contribution in [2.24, 2.45) is 0 Å². The Bertz CT molecular complexity index is 419. The van der Waals surface area contributed by atoms with Crippen molar-refractivity contribution in [1.29, 1.82) is 0 Å². The molecule has 3 heteroatoms. The molecule has 2 heterocycles. The summed E-state index contributed by atoms with van der Waals surface area (Å²) in [7, 11) is 0. The maximum Gasteiger partial charge on any atom is 0.0748 e. The molecule has 1 atom stereocenters. The van der Waals surface area contributed by atoms with Gasteiger partial charge in [0.15, 0.2) is 0 Å². The first-order chi connectivity index (χ1) is 8.88. The van der Waals surface area contributed by atoms with Crippen LogP contribution in [0.3, 0.4) is 0 Å². The van der Waals surface area contributed by atoms with Crippen LogP contribution in [0, 0.1) is 0 Å². The van der Waals surface area contributed by atoms with Gasteiger partial charge in [-0.15, -0.1) is 0 Å². The highest BCUT2D eigenvalue weighted by atomic mass is 16.5. The van der Waals surface area contributed by atoms with Gasteiger partial charge < -0.3 is 15.0 Å². The lowest BCUT2D eigenvalue weighted by molar-refractivity contribution is 0.0384. The highest BCUT2D eigenvalue weighted by molar-refractivity contribution is 5.68. The number of fused-ring (bicyclic) bond motifs is 1. The van der Waals surface area contributed by atoms with Crippen LogP contribution in [0.1, 0.15) is 25.3 Å². The van der Waals surface area contributed by atoms with Crippen LogP contribution in [0.25, 0.3) is 0 Å². The fourth-order valence-electron chi connectivity index (χ4n) is 2.97. The normalized spacial score (nSPS) is 23.4. The van der Waals surface area contributed by atoms with Gasteiger partial charge in [0, 0.05) is 31.0 Å². The molecule has 1 unspecified atom stereocenters. The van der Waals surface area contributed by atoms with Gasteiger partial charge in [-0.05, 0) is 37.0 Å². The van der Waals surface area contributed by atoms with Crippen LogP contribution in [-0.4, -0.2) is 32.3 Å². The molecule has 2 aliphatic rings. The summed E-state index contributed by atoms with van der Waals surface area (Å²) in [6.07, 6.45) is 3.94. The Morgan fingerprint density at radius 3 is 3.28 bits per heavy atom. The molecule has 0 saturated carbocycles. The van der Waals surface area contributed by atoms with E-state index in [4.69, 9.17) is 4.74 Å². The first-order valence-electron chi connectivity index (χ1n) is 7.11. The standard InChI is InChI=1S/C15H22N2O/c1-2-12-11-17(9-10-18-12)15-7-3-6-14-13(15)5-4-8-16-14/h3,6-7,12,16H,2,4-5,8-11H2,1H3. The van der Waals surface area contributed by atoms with E-state index in [0.29, 0.717) is 6.10 Å². The lowest BCUT2D eigenvalue weighted by Crippen LogP contribution is -2.42. The van der Waals surface area contributed by atoms with E-state index >= 15 is 0 Å². The molecule has 3 nitrogen and oxygen atoms in total. The van der Waals surface area contributed by atoms with Crippen molar-refractivity contribution >= 4 is 11.4 Å². The molecular weight excluding hydrogens is 224 g/mol. The molecule has 1 aromatic rings. The molecule has 0 aliphatic carbocycles. The number of rotatable bonds is 2. The molecule has 2 aliphatic heterocycles. The summed E-state index contributed by atoms with van der Waals surface area (Å²) in [4.78, 5) is 2.50. The minimum atomic E-state index is 0.395. The Kier molecular flexibility index (Phi) is 3.41. The van der Waals surface area contributed by atoms with Crippen LogP contribution in [0.15, 0.2) is 18.2 Å². The minimum Gasteiger partial charge on any atom is -0.385 e. The van der Waals surface area contributed by atoms with Crippen LogP contribution < -0.4 is 10.2 Å². The zero-order valence-corrected chi connectivity index (χ0v) is 11.1. The van der Waals surface area contributed by atoms with Crippen molar-refractivity contribution in [2.45, 2.75) is 32.3 Å². The third-order valence-electron chi connectivity index (χ3n) is 4.01. The molecule has 1 saturated heterocycles. The van der Waals surface area contributed by atoms with Crippen LogP contribution >= 0.6 is 0 Å². The summed E-state index contributed by atoms with van der Waals surface area (Å²) in [5.74, 6) is 0. The second-order valence-corrected chi connectivity index (χ2v) is 5.18. The number of morpholine rings is 1. The summed E-state index contributed by atoms with van der Waals surface area (Å²) in [5.41, 5.74) is 4.25. The molecular formula is C15H22N2O. The highest BCUT2D eigenvalue weighted by Gasteiger charge is 2.22. The van der Waals surface area contributed by atoms with Crippen molar-refractivity contribution in [3.05, 3.63) is 23.8 Å². The zero-order chi connectivity index (χ0) is 12.4.